The number of thiazole rings is 1. The van der Waals surface area contributed by atoms with Gasteiger partial charge in [-0.05, 0) is 38.1 Å². The predicted molar refractivity (Wildman–Crippen MR) is 78.1 cm³/mol. The third-order valence-corrected chi connectivity index (χ3v) is 6.16. The van der Waals surface area contributed by atoms with Gasteiger partial charge in [-0.2, -0.15) is 0 Å². The molecular formula is C12H15N3O2S2. The van der Waals surface area contributed by atoms with Crippen LogP contribution in [0.15, 0.2) is 24.3 Å². The number of rotatable bonds is 3. The Bertz CT molecular complexity index is 642. The Hall–Kier alpha value is -1.18. The van der Waals surface area contributed by atoms with Gasteiger partial charge in [0, 0.05) is 0 Å². The van der Waals surface area contributed by atoms with E-state index in [-0.39, 0.29) is 5.25 Å². The first-order valence-corrected chi connectivity index (χ1v) is 8.59. The number of fused-ring (bicyclic) bond motifs is 1. The van der Waals surface area contributed by atoms with Crippen LogP contribution in [0, 0.1) is 0 Å². The molecule has 1 fully saturated rings. The van der Waals surface area contributed by atoms with E-state index >= 15 is 0 Å². The molecule has 2 N–H and O–H groups in total. The molecule has 19 heavy (non-hydrogen) atoms. The Morgan fingerprint density at radius 2 is 2.00 bits per heavy atom. The number of piperidine rings is 1. The number of nitrogens with zero attached hydrogens (tertiary/aromatic N) is 1. The van der Waals surface area contributed by atoms with E-state index in [2.05, 4.69) is 15.0 Å². The van der Waals surface area contributed by atoms with E-state index in [9.17, 15) is 8.42 Å². The first kappa shape index (κ1) is 12.8. The van der Waals surface area contributed by atoms with Crippen molar-refractivity contribution < 1.29 is 8.42 Å². The molecule has 0 unspecified atom stereocenters. The SMILES string of the molecule is O=S(=O)(Nc1nc2ccccc2s1)C1CCNCC1. The first-order valence-electron chi connectivity index (χ1n) is 6.23. The number of nitrogens with one attached hydrogen (secondary N) is 2. The normalized spacial score (nSPS) is 17.7. The van der Waals surface area contributed by atoms with E-state index in [1.807, 2.05) is 24.3 Å². The van der Waals surface area contributed by atoms with E-state index < -0.39 is 10.0 Å². The summed E-state index contributed by atoms with van der Waals surface area (Å²) in [5, 5.41) is 3.31. The van der Waals surface area contributed by atoms with Crippen molar-refractivity contribution in [2.75, 3.05) is 17.8 Å². The van der Waals surface area contributed by atoms with E-state index in [1.165, 1.54) is 11.3 Å². The molecule has 0 aliphatic carbocycles. The van der Waals surface area contributed by atoms with Crippen LogP contribution in [-0.4, -0.2) is 31.7 Å². The topological polar surface area (TPSA) is 71.1 Å². The van der Waals surface area contributed by atoms with Gasteiger partial charge >= 0.3 is 0 Å². The highest BCUT2D eigenvalue weighted by Crippen LogP contribution is 2.27. The highest BCUT2D eigenvalue weighted by Gasteiger charge is 2.27. The monoisotopic (exact) mass is 297 g/mol. The van der Waals surface area contributed by atoms with E-state index in [1.54, 1.807) is 0 Å². The second-order valence-electron chi connectivity index (χ2n) is 4.58. The van der Waals surface area contributed by atoms with Crippen LogP contribution >= 0.6 is 11.3 Å². The Morgan fingerprint density at radius 1 is 1.26 bits per heavy atom. The average Bonchev–Trinajstić information content (AvgIpc) is 2.81. The number of benzene rings is 1. The minimum atomic E-state index is -3.33. The molecule has 2 aromatic rings. The zero-order valence-corrected chi connectivity index (χ0v) is 11.9. The summed E-state index contributed by atoms with van der Waals surface area (Å²) in [4.78, 5) is 4.31. The Labute approximate surface area is 116 Å². The van der Waals surface area contributed by atoms with Crippen LogP contribution in [0.3, 0.4) is 0 Å². The van der Waals surface area contributed by atoms with Gasteiger partial charge in [0.15, 0.2) is 5.13 Å². The van der Waals surface area contributed by atoms with Gasteiger partial charge in [0.05, 0.1) is 15.5 Å². The van der Waals surface area contributed by atoms with Crippen molar-refractivity contribution in [3.8, 4) is 0 Å². The highest BCUT2D eigenvalue weighted by molar-refractivity contribution is 7.93. The predicted octanol–water partition coefficient (Wildman–Crippen LogP) is 1.79. The summed E-state index contributed by atoms with van der Waals surface area (Å²) in [6, 6.07) is 7.64. The maximum atomic E-state index is 12.3. The number of hydrogen-bond donors (Lipinski definition) is 2. The molecule has 2 heterocycles. The second kappa shape index (κ2) is 5.07. The van der Waals surface area contributed by atoms with Crippen LogP contribution in [0.5, 0.6) is 0 Å². The molecule has 7 heteroatoms. The van der Waals surface area contributed by atoms with Crippen LogP contribution in [0.25, 0.3) is 10.2 Å². The van der Waals surface area contributed by atoms with Crippen molar-refractivity contribution in [3.05, 3.63) is 24.3 Å². The van der Waals surface area contributed by atoms with Gasteiger partial charge in [0.1, 0.15) is 0 Å². The third kappa shape index (κ3) is 2.72. The molecule has 1 aliphatic rings. The summed E-state index contributed by atoms with van der Waals surface area (Å²) in [5.41, 5.74) is 0.829. The van der Waals surface area contributed by atoms with Crippen molar-refractivity contribution in [1.29, 1.82) is 0 Å². The van der Waals surface area contributed by atoms with Crippen LogP contribution in [-0.2, 0) is 10.0 Å². The zero-order chi connectivity index (χ0) is 13.3. The summed E-state index contributed by atoms with van der Waals surface area (Å²) in [5.74, 6) is 0. The second-order valence-corrected chi connectivity index (χ2v) is 7.57. The molecule has 3 rings (SSSR count). The van der Waals surface area contributed by atoms with Gasteiger partial charge in [-0.15, -0.1) is 0 Å². The number of hydrogen-bond acceptors (Lipinski definition) is 5. The first-order chi connectivity index (χ1) is 9.15. The molecule has 1 aliphatic heterocycles. The lowest BCUT2D eigenvalue weighted by atomic mass is 10.2. The van der Waals surface area contributed by atoms with Crippen LogP contribution in [0.4, 0.5) is 5.13 Å². The Balaban J connectivity index is 1.83. The van der Waals surface area contributed by atoms with Crippen LogP contribution in [0.2, 0.25) is 0 Å². The lowest BCUT2D eigenvalue weighted by Gasteiger charge is -2.22. The van der Waals surface area contributed by atoms with Gasteiger partial charge < -0.3 is 5.32 Å². The molecule has 1 aromatic carbocycles. The Kier molecular flexibility index (Phi) is 3.42. The molecule has 0 radical (unpaired) electrons. The van der Waals surface area contributed by atoms with Crippen molar-refractivity contribution in [2.45, 2.75) is 18.1 Å². The molecule has 0 amide bonds. The highest BCUT2D eigenvalue weighted by atomic mass is 32.2. The maximum Gasteiger partial charge on any atom is 0.237 e. The molecule has 0 saturated carbocycles. The van der Waals surface area contributed by atoms with Gasteiger partial charge in [0.25, 0.3) is 0 Å². The van der Waals surface area contributed by atoms with E-state index in [4.69, 9.17) is 0 Å². The number of sulfonamides is 1. The summed E-state index contributed by atoms with van der Waals surface area (Å²) in [6.45, 7) is 1.51. The van der Waals surface area contributed by atoms with Crippen molar-refractivity contribution in [3.63, 3.8) is 0 Å². The molecule has 0 atom stereocenters. The lowest BCUT2D eigenvalue weighted by molar-refractivity contribution is 0.499. The zero-order valence-electron chi connectivity index (χ0n) is 10.3. The van der Waals surface area contributed by atoms with E-state index in [0.717, 1.165) is 23.3 Å². The number of aromatic nitrogens is 1. The summed E-state index contributed by atoms with van der Waals surface area (Å²) in [6.07, 6.45) is 1.31. The van der Waals surface area contributed by atoms with Gasteiger partial charge in [-0.1, -0.05) is 23.5 Å². The molecule has 1 saturated heterocycles. The quantitative estimate of drug-likeness (QED) is 0.906. The smallest absolute Gasteiger partial charge is 0.237 e. The van der Waals surface area contributed by atoms with Crippen molar-refractivity contribution >= 4 is 36.7 Å². The fraction of sp³-hybridized carbons (Fsp3) is 0.417. The standard InChI is InChI=1S/C12H15N3O2S2/c16-19(17,9-5-7-13-8-6-9)15-12-14-10-3-1-2-4-11(10)18-12/h1-4,9,13H,5-8H2,(H,14,15). The Morgan fingerprint density at radius 3 is 2.74 bits per heavy atom. The molecular weight excluding hydrogens is 282 g/mol. The van der Waals surface area contributed by atoms with Gasteiger partial charge in [-0.25, -0.2) is 13.4 Å². The van der Waals surface area contributed by atoms with Crippen molar-refractivity contribution in [1.82, 2.24) is 10.3 Å². The minimum Gasteiger partial charge on any atom is -0.317 e. The lowest BCUT2D eigenvalue weighted by Crippen LogP contribution is -2.38. The third-order valence-electron chi connectivity index (χ3n) is 3.25. The van der Waals surface area contributed by atoms with Gasteiger partial charge in [0.2, 0.25) is 10.0 Å². The fourth-order valence-corrected chi connectivity index (χ4v) is 4.77. The average molecular weight is 297 g/mol. The van der Waals surface area contributed by atoms with Crippen LogP contribution < -0.4 is 10.0 Å². The molecule has 0 bridgehead atoms. The summed E-state index contributed by atoms with van der Waals surface area (Å²) >= 11 is 1.37. The number of anilines is 1. The van der Waals surface area contributed by atoms with Crippen molar-refractivity contribution in [2.24, 2.45) is 0 Å². The largest absolute Gasteiger partial charge is 0.317 e. The number of para-hydroxylation sites is 1. The molecule has 0 spiro atoms. The molecule has 102 valence electrons. The summed E-state index contributed by atoms with van der Waals surface area (Å²) in [7, 11) is -3.33. The molecule has 5 nitrogen and oxygen atoms in total. The van der Waals surface area contributed by atoms with E-state index in [0.29, 0.717) is 18.0 Å². The maximum absolute atomic E-state index is 12.3. The van der Waals surface area contributed by atoms with Crippen LogP contribution in [0.1, 0.15) is 12.8 Å². The minimum absolute atomic E-state index is 0.319. The summed E-state index contributed by atoms with van der Waals surface area (Å²) < 4.78 is 28.1. The molecule has 1 aromatic heterocycles. The van der Waals surface area contributed by atoms with Gasteiger partial charge in [-0.3, -0.25) is 4.72 Å². The fourth-order valence-electron chi connectivity index (χ4n) is 2.23.